The van der Waals surface area contributed by atoms with Crippen LogP contribution in [0.3, 0.4) is 0 Å². The Labute approximate surface area is 164 Å². The maximum absolute atomic E-state index is 12.4. The van der Waals surface area contributed by atoms with Crippen LogP contribution < -0.4 is 9.47 Å². The number of hydrogen-bond donors (Lipinski definition) is 0. The highest BCUT2D eigenvalue weighted by atomic mass is 16.5. The van der Waals surface area contributed by atoms with E-state index in [0.717, 1.165) is 16.8 Å². The minimum Gasteiger partial charge on any atom is -0.493 e. The molecule has 2 aromatic carbocycles. The highest BCUT2D eigenvalue weighted by molar-refractivity contribution is 5.91. The molecule has 1 aromatic heterocycles. The van der Waals surface area contributed by atoms with Crippen molar-refractivity contribution in [2.75, 3.05) is 21.3 Å². The molecule has 144 valence electrons. The predicted molar refractivity (Wildman–Crippen MR) is 109 cm³/mol. The molecule has 6 nitrogen and oxygen atoms in total. The average molecular weight is 377 g/mol. The van der Waals surface area contributed by atoms with Crippen molar-refractivity contribution >= 4 is 12.0 Å². The number of likely N-dealkylation sites (N-methyl/N-ethyl adjacent to an activating group) is 1. The van der Waals surface area contributed by atoms with E-state index in [1.165, 1.54) is 0 Å². The molecule has 0 fully saturated rings. The number of para-hydroxylation sites is 1. The number of amides is 1. The Balaban J connectivity index is 1.63. The molecule has 0 aliphatic heterocycles. The number of methoxy groups -OCH3 is 2. The minimum absolute atomic E-state index is 0.0951. The molecule has 0 aliphatic rings. The molecule has 3 rings (SSSR count). The van der Waals surface area contributed by atoms with Crippen LogP contribution >= 0.6 is 0 Å². The van der Waals surface area contributed by atoms with Gasteiger partial charge in [-0.3, -0.25) is 4.79 Å². The number of rotatable bonds is 7. The second-order valence-electron chi connectivity index (χ2n) is 6.27. The average Bonchev–Trinajstić information content (AvgIpc) is 3.20. The summed E-state index contributed by atoms with van der Waals surface area (Å²) in [7, 11) is 4.94. The SMILES string of the molecule is COc1ccc(/C=C/C(=O)N(C)Cc2cnn(-c3ccccc3)c2)cc1OC. The van der Waals surface area contributed by atoms with Gasteiger partial charge in [0.15, 0.2) is 11.5 Å². The summed E-state index contributed by atoms with van der Waals surface area (Å²) in [6.07, 6.45) is 7.00. The maximum atomic E-state index is 12.4. The summed E-state index contributed by atoms with van der Waals surface area (Å²) in [5, 5.41) is 4.36. The Morgan fingerprint density at radius 2 is 1.86 bits per heavy atom. The van der Waals surface area contributed by atoms with Gasteiger partial charge < -0.3 is 14.4 Å². The van der Waals surface area contributed by atoms with Crippen molar-refractivity contribution in [3.8, 4) is 17.2 Å². The van der Waals surface area contributed by atoms with E-state index in [-0.39, 0.29) is 5.91 Å². The van der Waals surface area contributed by atoms with E-state index in [1.54, 1.807) is 49.2 Å². The van der Waals surface area contributed by atoms with Crippen molar-refractivity contribution in [2.45, 2.75) is 6.54 Å². The monoisotopic (exact) mass is 377 g/mol. The summed E-state index contributed by atoms with van der Waals surface area (Å²) in [4.78, 5) is 14.1. The van der Waals surface area contributed by atoms with Crippen molar-refractivity contribution in [2.24, 2.45) is 0 Å². The van der Waals surface area contributed by atoms with Crippen LogP contribution in [0.25, 0.3) is 11.8 Å². The molecule has 0 bridgehead atoms. The van der Waals surface area contributed by atoms with E-state index in [2.05, 4.69) is 5.10 Å². The molecule has 6 heteroatoms. The Hall–Kier alpha value is -3.54. The number of ether oxygens (including phenoxy) is 2. The summed E-state index contributed by atoms with van der Waals surface area (Å²) < 4.78 is 12.3. The Morgan fingerprint density at radius 3 is 2.57 bits per heavy atom. The van der Waals surface area contributed by atoms with E-state index in [1.807, 2.05) is 54.7 Å². The summed E-state index contributed by atoms with van der Waals surface area (Å²) in [5.41, 5.74) is 2.80. The maximum Gasteiger partial charge on any atom is 0.246 e. The van der Waals surface area contributed by atoms with E-state index in [0.29, 0.717) is 18.0 Å². The molecule has 1 amide bonds. The van der Waals surface area contributed by atoms with Gasteiger partial charge in [-0.2, -0.15) is 5.10 Å². The first kappa shape index (κ1) is 19.2. The lowest BCUT2D eigenvalue weighted by molar-refractivity contribution is -0.125. The summed E-state index contributed by atoms with van der Waals surface area (Å²) >= 11 is 0. The van der Waals surface area contributed by atoms with E-state index < -0.39 is 0 Å². The molecule has 0 atom stereocenters. The summed E-state index contributed by atoms with van der Waals surface area (Å²) in [6, 6.07) is 15.4. The summed E-state index contributed by atoms with van der Waals surface area (Å²) in [5.74, 6) is 1.18. The Kier molecular flexibility index (Phi) is 6.11. The number of nitrogens with zero attached hydrogens (tertiary/aromatic N) is 3. The lowest BCUT2D eigenvalue weighted by Crippen LogP contribution is -2.23. The van der Waals surface area contributed by atoms with Crippen LogP contribution in [0, 0.1) is 0 Å². The van der Waals surface area contributed by atoms with Gasteiger partial charge in [0, 0.05) is 31.4 Å². The molecule has 0 unspecified atom stereocenters. The zero-order chi connectivity index (χ0) is 19.9. The topological polar surface area (TPSA) is 56.6 Å². The third kappa shape index (κ3) is 4.59. The van der Waals surface area contributed by atoms with Gasteiger partial charge in [-0.25, -0.2) is 4.68 Å². The predicted octanol–water partition coefficient (Wildman–Crippen LogP) is 3.56. The van der Waals surface area contributed by atoms with Crippen LogP contribution in [0.5, 0.6) is 11.5 Å². The molecule has 28 heavy (non-hydrogen) atoms. The second kappa shape index (κ2) is 8.90. The van der Waals surface area contributed by atoms with Crippen molar-refractivity contribution in [3.05, 3.63) is 78.1 Å². The third-order valence-corrected chi connectivity index (χ3v) is 4.28. The fraction of sp³-hybridized carbons (Fsp3) is 0.182. The molecule has 1 heterocycles. The minimum atomic E-state index is -0.0951. The van der Waals surface area contributed by atoms with E-state index >= 15 is 0 Å². The number of hydrogen-bond acceptors (Lipinski definition) is 4. The quantitative estimate of drug-likeness (QED) is 0.591. The Morgan fingerprint density at radius 1 is 1.11 bits per heavy atom. The van der Waals surface area contributed by atoms with Crippen LogP contribution in [0.15, 0.2) is 67.0 Å². The van der Waals surface area contributed by atoms with Crippen LogP contribution in [0.4, 0.5) is 0 Å². The fourth-order valence-corrected chi connectivity index (χ4v) is 2.77. The summed E-state index contributed by atoms with van der Waals surface area (Å²) in [6.45, 7) is 0.474. The van der Waals surface area contributed by atoms with Crippen molar-refractivity contribution in [1.82, 2.24) is 14.7 Å². The van der Waals surface area contributed by atoms with E-state index in [9.17, 15) is 4.79 Å². The molecule has 0 N–H and O–H groups in total. The molecule has 0 radical (unpaired) electrons. The van der Waals surface area contributed by atoms with Crippen LogP contribution in [0.1, 0.15) is 11.1 Å². The van der Waals surface area contributed by atoms with Crippen LogP contribution in [0.2, 0.25) is 0 Å². The van der Waals surface area contributed by atoms with Gasteiger partial charge in [0.25, 0.3) is 0 Å². The second-order valence-corrected chi connectivity index (χ2v) is 6.27. The molecule has 0 aliphatic carbocycles. The number of carbonyl (C=O) groups excluding carboxylic acids is 1. The smallest absolute Gasteiger partial charge is 0.246 e. The number of carbonyl (C=O) groups is 1. The zero-order valence-electron chi connectivity index (χ0n) is 16.2. The molecule has 0 spiro atoms. The lowest BCUT2D eigenvalue weighted by atomic mass is 10.2. The van der Waals surface area contributed by atoms with Gasteiger partial charge in [-0.1, -0.05) is 24.3 Å². The van der Waals surface area contributed by atoms with Gasteiger partial charge in [-0.15, -0.1) is 0 Å². The first-order valence-electron chi connectivity index (χ1n) is 8.85. The lowest BCUT2D eigenvalue weighted by Gasteiger charge is -2.13. The highest BCUT2D eigenvalue weighted by Crippen LogP contribution is 2.28. The van der Waals surface area contributed by atoms with Gasteiger partial charge >= 0.3 is 0 Å². The first-order chi connectivity index (χ1) is 13.6. The Bertz CT molecular complexity index is 964. The largest absolute Gasteiger partial charge is 0.493 e. The van der Waals surface area contributed by atoms with Crippen LogP contribution in [-0.4, -0.2) is 41.9 Å². The van der Waals surface area contributed by atoms with Crippen LogP contribution in [-0.2, 0) is 11.3 Å². The van der Waals surface area contributed by atoms with Gasteiger partial charge in [-0.05, 0) is 35.9 Å². The third-order valence-electron chi connectivity index (χ3n) is 4.28. The molecule has 0 saturated heterocycles. The first-order valence-corrected chi connectivity index (χ1v) is 8.85. The molecular weight excluding hydrogens is 354 g/mol. The van der Waals surface area contributed by atoms with Gasteiger partial charge in [0.05, 0.1) is 26.1 Å². The van der Waals surface area contributed by atoms with Crippen molar-refractivity contribution < 1.29 is 14.3 Å². The van der Waals surface area contributed by atoms with Crippen molar-refractivity contribution in [3.63, 3.8) is 0 Å². The standard InChI is InChI=1S/C22H23N3O3/c1-24(15-18-14-23-25(16-18)19-7-5-4-6-8-19)22(26)12-10-17-9-11-20(27-2)21(13-17)28-3/h4-14,16H,15H2,1-3H3/b12-10+. The zero-order valence-corrected chi connectivity index (χ0v) is 16.2. The molecular formula is C22H23N3O3. The van der Waals surface area contributed by atoms with E-state index in [4.69, 9.17) is 9.47 Å². The van der Waals surface area contributed by atoms with Gasteiger partial charge in [0.1, 0.15) is 0 Å². The number of benzene rings is 2. The molecule has 0 saturated carbocycles. The normalized spacial score (nSPS) is 10.8. The molecule has 3 aromatic rings. The van der Waals surface area contributed by atoms with Crippen molar-refractivity contribution in [1.29, 1.82) is 0 Å². The highest BCUT2D eigenvalue weighted by Gasteiger charge is 2.09. The fourth-order valence-electron chi connectivity index (χ4n) is 2.77. The number of aromatic nitrogens is 2. The van der Waals surface area contributed by atoms with Gasteiger partial charge in [0.2, 0.25) is 5.91 Å².